The first kappa shape index (κ1) is 25.8. The normalized spacial score (nSPS) is 15.4. The van der Waals surface area contributed by atoms with Gasteiger partial charge in [-0.2, -0.15) is 0 Å². The Bertz CT molecular complexity index is 1180. The third-order valence-electron chi connectivity index (χ3n) is 5.51. The Balaban J connectivity index is 1.78. The van der Waals surface area contributed by atoms with Gasteiger partial charge >= 0.3 is 17.9 Å². The highest BCUT2D eigenvalue weighted by Crippen LogP contribution is 2.41. The number of carbonyl (C=O) groups is 3. The lowest BCUT2D eigenvalue weighted by molar-refractivity contribution is -0.140. The first-order valence-electron chi connectivity index (χ1n) is 10.8. The number of nitrogens with one attached hydrogen (secondary N) is 1. The van der Waals surface area contributed by atoms with Crippen LogP contribution in [0.3, 0.4) is 0 Å². The van der Waals surface area contributed by atoms with Gasteiger partial charge in [0.25, 0.3) is 0 Å². The van der Waals surface area contributed by atoms with Gasteiger partial charge in [0.2, 0.25) is 0 Å². The maximum atomic E-state index is 13.2. The number of benzene rings is 2. The maximum Gasteiger partial charge on any atom is 0.341 e. The van der Waals surface area contributed by atoms with Gasteiger partial charge < -0.3 is 24.6 Å². The second kappa shape index (κ2) is 11.6. The highest BCUT2D eigenvalue weighted by Gasteiger charge is 2.38. The lowest BCUT2D eigenvalue weighted by Gasteiger charge is -2.30. The minimum absolute atomic E-state index is 0.0937. The Labute approximate surface area is 208 Å². The van der Waals surface area contributed by atoms with E-state index < -0.39 is 30.4 Å². The van der Waals surface area contributed by atoms with Crippen LogP contribution in [-0.4, -0.2) is 43.3 Å². The van der Waals surface area contributed by atoms with Crippen molar-refractivity contribution in [3.8, 4) is 5.75 Å². The summed E-state index contributed by atoms with van der Waals surface area (Å²) in [6, 6.07) is 13.9. The van der Waals surface area contributed by atoms with Crippen LogP contribution in [0.2, 0.25) is 5.02 Å². The van der Waals surface area contributed by atoms with Crippen LogP contribution >= 0.6 is 11.6 Å². The molecule has 2 N–H and O–H groups in total. The fraction of sp³-hybridized carbons (Fsp3) is 0.269. The Kier molecular flexibility index (Phi) is 8.54. The zero-order chi connectivity index (χ0) is 25.5. The first-order chi connectivity index (χ1) is 16.7. The second-order valence-corrected chi connectivity index (χ2v) is 8.27. The van der Waals surface area contributed by atoms with Crippen molar-refractivity contribution in [2.24, 2.45) is 0 Å². The van der Waals surface area contributed by atoms with Crippen molar-refractivity contribution in [3.05, 3.63) is 87.2 Å². The molecule has 2 aromatic carbocycles. The maximum absolute atomic E-state index is 13.2. The third-order valence-corrected chi connectivity index (χ3v) is 5.86. The van der Waals surface area contributed by atoms with Gasteiger partial charge in [-0.1, -0.05) is 41.9 Å². The number of dihydropyridines is 1. The van der Waals surface area contributed by atoms with Gasteiger partial charge in [-0.15, -0.1) is 0 Å². The lowest BCUT2D eigenvalue weighted by atomic mass is 9.80. The van der Waals surface area contributed by atoms with E-state index in [2.05, 4.69) is 5.32 Å². The molecular formula is C26H26ClNO7. The summed E-state index contributed by atoms with van der Waals surface area (Å²) in [4.78, 5) is 36.5. The summed E-state index contributed by atoms with van der Waals surface area (Å²) in [5.41, 5.74) is 3.17. The molecule has 9 heteroatoms. The van der Waals surface area contributed by atoms with Crippen LogP contribution in [-0.2, 0) is 30.3 Å². The van der Waals surface area contributed by atoms with Crippen molar-refractivity contribution >= 4 is 29.5 Å². The quantitative estimate of drug-likeness (QED) is 0.498. The van der Waals surface area contributed by atoms with Crippen molar-refractivity contribution in [1.82, 2.24) is 5.32 Å². The lowest BCUT2D eigenvalue weighted by Crippen LogP contribution is -2.32. The van der Waals surface area contributed by atoms with E-state index in [0.717, 1.165) is 5.56 Å². The number of carboxylic acid groups (broad SMARTS) is 1. The summed E-state index contributed by atoms with van der Waals surface area (Å²) >= 11 is 6.46. The highest BCUT2D eigenvalue weighted by atomic mass is 35.5. The van der Waals surface area contributed by atoms with Gasteiger partial charge in [0.1, 0.15) is 5.75 Å². The number of esters is 2. The molecule has 1 aliphatic heterocycles. The van der Waals surface area contributed by atoms with E-state index in [1.54, 1.807) is 62.4 Å². The Morgan fingerprint density at radius 1 is 0.971 bits per heavy atom. The molecule has 0 saturated carbocycles. The van der Waals surface area contributed by atoms with Gasteiger partial charge in [-0.25, -0.2) is 14.4 Å². The molecule has 0 saturated heterocycles. The van der Waals surface area contributed by atoms with Crippen LogP contribution in [0.25, 0.3) is 0 Å². The van der Waals surface area contributed by atoms with Crippen LogP contribution in [0.4, 0.5) is 0 Å². The molecule has 35 heavy (non-hydrogen) atoms. The number of methoxy groups -OCH3 is 1. The molecule has 184 valence electrons. The van der Waals surface area contributed by atoms with Gasteiger partial charge in [0.15, 0.2) is 6.61 Å². The molecule has 1 atom stereocenters. The zero-order valence-electron chi connectivity index (χ0n) is 19.6. The fourth-order valence-corrected chi connectivity index (χ4v) is 4.15. The molecule has 0 spiro atoms. The molecule has 1 aliphatic rings. The largest absolute Gasteiger partial charge is 0.482 e. The number of carbonyl (C=O) groups excluding carboxylic acids is 2. The van der Waals surface area contributed by atoms with Crippen molar-refractivity contribution in [2.75, 3.05) is 20.3 Å². The minimum atomic E-state index is -1.06. The predicted octanol–water partition coefficient (Wildman–Crippen LogP) is 4.00. The monoisotopic (exact) mass is 499 g/mol. The molecule has 0 aliphatic carbocycles. The van der Waals surface area contributed by atoms with E-state index >= 15 is 0 Å². The predicted molar refractivity (Wildman–Crippen MR) is 129 cm³/mol. The molecule has 1 unspecified atom stereocenters. The summed E-state index contributed by atoms with van der Waals surface area (Å²) in [6.07, 6.45) is 0.431. The number of aliphatic carboxylic acids is 1. The van der Waals surface area contributed by atoms with Crippen molar-refractivity contribution in [3.63, 3.8) is 0 Å². The summed E-state index contributed by atoms with van der Waals surface area (Å²) in [5, 5.41) is 12.2. The summed E-state index contributed by atoms with van der Waals surface area (Å²) < 4.78 is 15.7. The fourth-order valence-electron chi connectivity index (χ4n) is 3.90. The molecule has 3 rings (SSSR count). The molecule has 1 heterocycles. The molecule has 0 fully saturated rings. The van der Waals surface area contributed by atoms with Crippen LogP contribution < -0.4 is 10.1 Å². The van der Waals surface area contributed by atoms with Crippen LogP contribution in [0.15, 0.2) is 71.1 Å². The number of ether oxygens (including phenoxy) is 3. The standard InChI is InChI=1S/C26H26ClNO7/c1-15-22(25(31)33-3)24(19-6-4-5-7-20(19)27)23(16(2)28-15)26(32)34-13-12-17-8-10-18(11-9-17)35-14-21(29)30/h4-11,24,28H,12-14H2,1-3H3,(H,29,30). The smallest absolute Gasteiger partial charge is 0.341 e. The van der Waals surface area contributed by atoms with Crippen molar-refractivity contribution in [1.29, 1.82) is 0 Å². The highest BCUT2D eigenvalue weighted by molar-refractivity contribution is 6.31. The molecule has 0 bridgehead atoms. The van der Waals surface area contributed by atoms with Crippen LogP contribution in [0, 0.1) is 0 Å². The molecule has 2 aromatic rings. The SMILES string of the molecule is COC(=O)C1=C(C)NC(C)=C(C(=O)OCCc2ccc(OCC(=O)O)cc2)C1c1ccccc1Cl. The first-order valence-corrected chi connectivity index (χ1v) is 11.2. The number of carboxylic acids is 1. The van der Waals surface area contributed by atoms with Gasteiger partial charge in [-0.05, 0) is 43.2 Å². The van der Waals surface area contributed by atoms with Gasteiger partial charge in [0.05, 0.1) is 30.8 Å². The third kappa shape index (κ3) is 6.22. The van der Waals surface area contributed by atoms with E-state index in [1.165, 1.54) is 7.11 Å². The zero-order valence-corrected chi connectivity index (χ0v) is 20.3. The van der Waals surface area contributed by atoms with E-state index in [9.17, 15) is 14.4 Å². The number of hydrogen-bond donors (Lipinski definition) is 2. The number of allylic oxidation sites excluding steroid dienone is 2. The average Bonchev–Trinajstić information content (AvgIpc) is 2.83. The molecular weight excluding hydrogens is 474 g/mol. The van der Waals surface area contributed by atoms with Crippen LogP contribution in [0.1, 0.15) is 30.9 Å². The van der Waals surface area contributed by atoms with Crippen LogP contribution in [0.5, 0.6) is 5.75 Å². The Hall–Kier alpha value is -3.78. The Morgan fingerprint density at radius 3 is 2.20 bits per heavy atom. The van der Waals surface area contributed by atoms with Crippen molar-refractivity contribution < 1.29 is 33.7 Å². The average molecular weight is 500 g/mol. The van der Waals surface area contributed by atoms with E-state index in [-0.39, 0.29) is 17.8 Å². The number of halogens is 1. The number of hydrogen-bond acceptors (Lipinski definition) is 7. The summed E-state index contributed by atoms with van der Waals surface area (Å²) in [7, 11) is 1.29. The van der Waals surface area contributed by atoms with Crippen molar-refractivity contribution in [2.45, 2.75) is 26.2 Å². The summed E-state index contributed by atoms with van der Waals surface area (Å²) in [5.74, 6) is -2.52. The number of rotatable bonds is 9. The topological polar surface area (TPSA) is 111 Å². The van der Waals surface area contributed by atoms with Gasteiger partial charge in [-0.3, -0.25) is 0 Å². The van der Waals surface area contributed by atoms with Gasteiger partial charge in [0, 0.05) is 22.8 Å². The van der Waals surface area contributed by atoms with E-state index in [4.69, 9.17) is 30.9 Å². The Morgan fingerprint density at radius 2 is 1.60 bits per heavy atom. The molecule has 0 aromatic heterocycles. The summed E-state index contributed by atoms with van der Waals surface area (Å²) in [6.45, 7) is 3.16. The van der Waals surface area contributed by atoms with E-state index in [0.29, 0.717) is 34.2 Å². The molecule has 0 radical (unpaired) electrons. The molecule has 0 amide bonds. The molecule has 8 nitrogen and oxygen atoms in total. The van der Waals surface area contributed by atoms with E-state index in [1.807, 2.05) is 0 Å². The minimum Gasteiger partial charge on any atom is -0.482 e. The second-order valence-electron chi connectivity index (χ2n) is 7.86.